The van der Waals surface area contributed by atoms with E-state index < -0.39 is 0 Å². The number of hydrogen-bond donors (Lipinski definition) is 0. The lowest BCUT2D eigenvalue weighted by atomic mass is 10.2. The van der Waals surface area contributed by atoms with Crippen LogP contribution in [-0.4, -0.2) is 51.7 Å². The highest BCUT2D eigenvalue weighted by atomic mass is 79.9. The first-order valence-electron chi connectivity index (χ1n) is 8.41. The molecule has 0 N–H and O–H groups in total. The molecule has 7 heteroatoms. The molecule has 25 heavy (non-hydrogen) atoms. The van der Waals surface area contributed by atoms with Crippen LogP contribution in [0.4, 0.5) is 0 Å². The summed E-state index contributed by atoms with van der Waals surface area (Å²) in [5.41, 5.74) is 2.02. The molecule has 5 nitrogen and oxygen atoms in total. The first-order valence-corrected chi connectivity index (χ1v) is 9.58. The number of carbonyl (C=O) groups is 1. The minimum atomic E-state index is -0.332. The molecule has 0 saturated carbocycles. The predicted molar refractivity (Wildman–Crippen MR) is 103 cm³/mol. The molecule has 134 valence electrons. The third kappa shape index (κ3) is 4.25. The molecule has 0 aliphatic carbocycles. The molecule has 1 unspecified atom stereocenters. The lowest BCUT2D eigenvalue weighted by molar-refractivity contribution is -0.136. The number of piperazine rings is 1. The van der Waals surface area contributed by atoms with Crippen LogP contribution < -0.4 is 0 Å². The standard InChI is InChI=1S/C18H22BrClN4O/c1-13-17(20)12-24(21-13)14(2)18(25)23-9-7-22(8-10-23)11-15-5-3-4-6-16(15)19/h3-6,12,14H,7-11H2,1-2H3. The molecule has 1 atom stereocenters. The lowest BCUT2D eigenvalue weighted by Gasteiger charge is -2.36. The minimum Gasteiger partial charge on any atom is -0.338 e. The van der Waals surface area contributed by atoms with E-state index in [2.05, 4.69) is 44.1 Å². The number of nitrogens with zero attached hydrogens (tertiary/aromatic N) is 4. The molecule has 1 aliphatic heterocycles. The summed E-state index contributed by atoms with van der Waals surface area (Å²) >= 11 is 9.65. The van der Waals surface area contributed by atoms with Gasteiger partial charge >= 0.3 is 0 Å². The van der Waals surface area contributed by atoms with Gasteiger partial charge in [0.2, 0.25) is 5.91 Å². The maximum atomic E-state index is 12.7. The maximum absolute atomic E-state index is 12.7. The van der Waals surface area contributed by atoms with Crippen molar-refractivity contribution in [2.45, 2.75) is 26.4 Å². The van der Waals surface area contributed by atoms with Crippen LogP contribution in [0, 0.1) is 6.92 Å². The van der Waals surface area contributed by atoms with Crippen LogP contribution in [0.3, 0.4) is 0 Å². The van der Waals surface area contributed by atoms with E-state index in [9.17, 15) is 4.79 Å². The molecule has 2 heterocycles. The zero-order chi connectivity index (χ0) is 18.0. The third-order valence-corrected chi connectivity index (χ3v) is 5.79. The van der Waals surface area contributed by atoms with Crippen molar-refractivity contribution in [3.8, 4) is 0 Å². The van der Waals surface area contributed by atoms with Gasteiger partial charge in [-0.25, -0.2) is 0 Å². The first-order chi connectivity index (χ1) is 12.0. The van der Waals surface area contributed by atoms with Crippen LogP contribution >= 0.6 is 27.5 Å². The van der Waals surface area contributed by atoms with Crippen LogP contribution in [0.15, 0.2) is 34.9 Å². The quantitative estimate of drug-likeness (QED) is 0.753. The van der Waals surface area contributed by atoms with Crippen molar-refractivity contribution < 1.29 is 4.79 Å². The number of halogens is 2. The summed E-state index contributed by atoms with van der Waals surface area (Å²) in [6, 6.07) is 7.94. The fraction of sp³-hybridized carbons (Fsp3) is 0.444. The van der Waals surface area contributed by atoms with Gasteiger partial charge in [0.1, 0.15) is 6.04 Å². The Bertz CT molecular complexity index is 736. The number of rotatable bonds is 4. The lowest BCUT2D eigenvalue weighted by Crippen LogP contribution is -2.50. The highest BCUT2D eigenvalue weighted by molar-refractivity contribution is 9.10. The molecular weight excluding hydrogens is 404 g/mol. The molecule has 1 fully saturated rings. The zero-order valence-electron chi connectivity index (χ0n) is 14.5. The van der Waals surface area contributed by atoms with Gasteiger partial charge in [0.15, 0.2) is 0 Å². The summed E-state index contributed by atoms with van der Waals surface area (Å²) < 4.78 is 2.79. The summed E-state index contributed by atoms with van der Waals surface area (Å²) in [6.45, 7) is 7.84. The van der Waals surface area contributed by atoms with Gasteiger partial charge in [-0.3, -0.25) is 14.4 Å². The predicted octanol–water partition coefficient (Wildman–Crippen LogP) is 3.51. The van der Waals surface area contributed by atoms with Crippen molar-refractivity contribution in [3.05, 3.63) is 51.2 Å². The molecule has 0 bridgehead atoms. The van der Waals surface area contributed by atoms with Gasteiger partial charge in [-0.15, -0.1) is 0 Å². The van der Waals surface area contributed by atoms with Crippen LogP contribution in [-0.2, 0) is 11.3 Å². The summed E-state index contributed by atoms with van der Waals surface area (Å²) in [6.07, 6.45) is 1.72. The van der Waals surface area contributed by atoms with E-state index in [-0.39, 0.29) is 11.9 Å². The van der Waals surface area contributed by atoms with Crippen molar-refractivity contribution in [3.63, 3.8) is 0 Å². The average Bonchev–Trinajstić information content (AvgIpc) is 2.95. The molecule has 1 saturated heterocycles. The fourth-order valence-electron chi connectivity index (χ4n) is 3.03. The first kappa shape index (κ1) is 18.4. The van der Waals surface area contributed by atoms with Crippen LogP contribution in [0.1, 0.15) is 24.2 Å². The average molecular weight is 426 g/mol. The number of hydrogen-bond acceptors (Lipinski definition) is 3. The second kappa shape index (κ2) is 7.89. The van der Waals surface area contributed by atoms with E-state index in [0.717, 1.165) is 42.9 Å². The van der Waals surface area contributed by atoms with E-state index in [4.69, 9.17) is 11.6 Å². The molecule has 1 aromatic carbocycles. The van der Waals surface area contributed by atoms with E-state index in [1.165, 1.54) is 5.56 Å². The third-order valence-electron chi connectivity index (χ3n) is 4.65. The second-order valence-corrected chi connectivity index (χ2v) is 7.67. The topological polar surface area (TPSA) is 41.4 Å². The minimum absolute atomic E-state index is 0.0970. The molecule has 0 spiro atoms. The van der Waals surface area contributed by atoms with E-state index in [0.29, 0.717) is 5.02 Å². The highest BCUT2D eigenvalue weighted by Crippen LogP contribution is 2.20. The van der Waals surface area contributed by atoms with Crippen molar-refractivity contribution in [1.29, 1.82) is 0 Å². The molecule has 3 rings (SSSR count). The Morgan fingerprint density at radius 1 is 1.28 bits per heavy atom. The van der Waals surface area contributed by atoms with Crippen molar-refractivity contribution in [1.82, 2.24) is 19.6 Å². The summed E-state index contributed by atoms with van der Waals surface area (Å²) in [7, 11) is 0. The summed E-state index contributed by atoms with van der Waals surface area (Å²) in [5, 5.41) is 4.92. The van der Waals surface area contributed by atoms with Crippen LogP contribution in [0.25, 0.3) is 0 Å². The van der Waals surface area contributed by atoms with Crippen molar-refractivity contribution in [2.24, 2.45) is 0 Å². The monoisotopic (exact) mass is 424 g/mol. The normalized spacial score (nSPS) is 16.9. The Kier molecular flexibility index (Phi) is 5.81. The number of benzene rings is 1. The van der Waals surface area contributed by atoms with Gasteiger partial charge in [0, 0.05) is 43.4 Å². The van der Waals surface area contributed by atoms with Crippen LogP contribution in [0.5, 0.6) is 0 Å². The number of aryl methyl sites for hydroxylation is 1. The Morgan fingerprint density at radius 2 is 1.96 bits per heavy atom. The van der Waals surface area contributed by atoms with E-state index >= 15 is 0 Å². The van der Waals surface area contributed by atoms with Crippen LogP contribution in [0.2, 0.25) is 5.02 Å². The van der Waals surface area contributed by atoms with E-state index in [1.807, 2.05) is 24.8 Å². The Morgan fingerprint density at radius 3 is 2.56 bits per heavy atom. The van der Waals surface area contributed by atoms with Gasteiger partial charge in [-0.05, 0) is 25.5 Å². The molecule has 1 aromatic heterocycles. The molecule has 1 amide bonds. The maximum Gasteiger partial charge on any atom is 0.247 e. The SMILES string of the molecule is Cc1nn(C(C)C(=O)N2CCN(Cc3ccccc3Br)CC2)cc1Cl. The summed E-state index contributed by atoms with van der Waals surface area (Å²) in [5.74, 6) is 0.0970. The fourth-order valence-corrected chi connectivity index (χ4v) is 3.58. The largest absolute Gasteiger partial charge is 0.338 e. The van der Waals surface area contributed by atoms with Gasteiger partial charge < -0.3 is 4.90 Å². The molecule has 1 aliphatic rings. The Balaban J connectivity index is 1.56. The summed E-state index contributed by atoms with van der Waals surface area (Å²) in [4.78, 5) is 17.0. The second-order valence-electron chi connectivity index (χ2n) is 6.41. The number of aromatic nitrogens is 2. The molecule has 2 aromatic rings. The van der Waals surface area contributed by atoms with Gasteiger partial charge in [0.25, 0.3) is 0 Å². The van der Waals surface area contributed by atoms with Crippen molar-refractivity contribution in [2.75, 3.05) is 26.2 Å². The smallest absolute Gasteiger partial charge is 0.247 e. The van der Waals surface area contributed by atoms with E-state index in [1.54, 1.807) is 10.9 Å². The van der Waals surface area contributed by atoms with Gasteiger partial charge in [0.05, 0.1) is 10.7 Å². The molecular formula is C18H22BrClN4O. The van der Waals surface area contributed by atoms with Gasteiger partial charge in [-0.1, -0.05) is 45.7 Å². The Labute approximate surface area is 161 Å². The number of carbonyl (C=O) groups excluding carboxylic acids is 1. The zero-order valence-corrected chi connectivity index (χ0v) is 16.8. The molecule has 0 radical (unpaired) electrons. The van der Waals surface area contributed by atoms with Gasteiger partial charge in [-0.2, -0.15) is 5.10 Å². The Hall–Kier alpha value is -1.37. The van der Waals surface area contributed by atoms with Crippen molar-refractivity contribution >= 4 is 33.4 Å². The number of amides is 1. The highest BCUT2D eigenvalue weighted by Gasteiger charge is 2.26.